The Hall–Kier alpha value is -1.58. The first-order valence-electron chi connectivity index (χ1n) is 6.73. The van der Waals surface area contributed by atoms with E-state index in [0.29, 0.717) is 13.0 Å². The van der Waals surface area contributed by atoms with Crippen molar-refractivity contribution in [3.05, 3.63) is 48.0 Å². The predicted octanol–water partition coefficient (Wildman–Crippen LogP) is 2.36. The molecule has 0 aromatic heterocycles. The molecule has 2 aromatic carbocycles. The highest BCUT2D eigenvalue weighted by Crippen LogP contribution is 2.17. The molecule has 1 atom stereocenters. The van der Waals surface area contributed by atoms with Crippen molar-refractivity contribution in [2.24, 2.45) is 5.73 Å². The molecule has 3 rings (SSSR count). The molecule has 0 bridgehead atoms. The van der Waals surface area contributed by atoms with Gasteiger partial charge in [0.05, 0.1) is 6.42 Å². The van der Waals surface area contributed by atoms with Gasteiger partial charge in [-0.1, -0.05) is 42.5 Å². The SMILES string of the molecule is Cl.N[C@@H]1CCN(C(=O)Cc2ccc3ccccc3c2)C1. The van der Waals surface area contributed by atoms with Crippen molar-refractivity contribution in [3.63, 3.8) is 0 Å². The second kappa shape index (κ2) is 6.25. The van der Waals surface area contributed by atoms with Gasteiger partial charge in [0.15, 0.2) is 0 Å². The van der Waals surface area contributed by atoms with E-state index in [0.717, 1.165) is 18.5 Å². The summed E-state index contributed by atoms with van der Waals surface area (Å²) in [5.74, 6) is 0.184. The number of likely N-dealkylation sites (tertiary alicyclic amines) is 1. The van der Waals surface area contributed by atoms with E-state index in [9.17, 15) is 4.79 Å². The van der Waals surface area contributed by atoms with Crippen molar-refractivity contribution in [2.75, 3.05) is 13.1 Å². The van der Waals surface area contributed by atoms with Gasteiger partial charge in [-0.25, -0.2) is 0 Å². The van der Waals surface area contributed by atoms with E-state index in [4.69, 9.17) is 5.73 Å². The maximum atomic E-state index is 12.2. The van der Waals surface area contributed by atoms with Crippen LogP contribution in [0.1, 0.15) is 12.0 Å². The van der Waals surface area contributed by atoms with Crippen LogP contribution in [-0.4, -0.2) is 29.9 Å². The number of halogens is 1. The molecule has 1 fully saturated rings. The predicted molar refractivity (Wildman–Crippen MR) is 84.1 cm³/mol. The summed E-state index contributed by atoms with van der Waals surface area (Å²) in [6.45, 7) is 1.50. The molecular formula is C16H19ClN2O. The standard InChI is InChI=1S/C16H18N2O.ClH/c17-15-7-8-18(11-15)16(19)10-12-5-6-13-3-1-2-4-14(13)9-12;/h1-6,9,15H,7-8,10-11,17H2;1H/t15-;/m1./s1. The topological polar surface area (TPSA) is 46.3 Å². The highest BCUT2D eigenvalue weighted by Gasteiger charge is 2.23. The molecule has 1 heterocycles. The molecule has 1 aliphatic heterocycles. The zero-order valence-corrected chi connectivity index (χ0v) is 12.1. The Kier molecular flexibility index (Phi) is 4.63. The highest BCUT2D eigenvalue weighted by molar-refractivity contribution is 5.86. The number of amides is 1. The minimum absolute atomic E-state index is 0. The van der Waals surface area contributed by atoms with Crippen molar-refractivity contribution in [3.8, 4) is 0 Å². The first kappa shape index (κ1) is 14.8. The summed E-state index contributed by atoms with van der Waals surface area (Å²) in [7, 11) is 0. The lowest BCUT2D eigenvalue weighted by Gasteiger charge is -2.15. The maximum absolute atomic E-state index is 12.2. The van der Waals surface area contributed by atoms with Crippen molar-refractivity contribution in [1.29, 1.82) is 0 Å². The number of nitrogens with zero attached hydrogens (tertiary/aromatic N) is 1. The Morgan fingerprint density at radius 2 is 1.95 bits per heavy atom. The largest absolute Gasteiger partial charge is 0.341 e. The molecule has 3 nitrogen and oxygen atoms in total. The zero-order chi connectivity index (χ0) is 13.2. The number of nitrogens with two attached hydrogens (primary N) is 1. The van der Waals surface area contributed by atoms with Gasteiger partial charge in [0.25, 0.3) is 0 Å². The van der Waals surface area contributed by atoms with Crippen LogP contribution in [0.15, 0.2) is 42.5 Å². The lowest BCUT2D eigenvalue weighted by molar-refractivity contribution is -0.129. The third kappa shape index (κ3) is 3.11. The zero-order valence-electron chi connectivity index (χ0n) is 11.3. The van der Waals surface area contributed by atoms with Crippen LogP contribution in [0.2, 0.25) is 0 Å². The van der Waals surface area contributed by atoms with Gasteiger partial charge in [-0.15, -0.1) is 12.4 Å². The Morgan fingerprint density at radius 3 is 2.65 bits per heavy atom. The van der Waals surface area contributed by atoms with Crippen LogP contribution in [0.5, 0.6) is 0 Å². The first-order valence-corrected chi connectivity index (χ1v) is 6.73. The molecule has 2 aromatic rings. The lowest BCUT2D eigenvalue weighted by atomic mass is 10.0. The molecule has 2 N–H and O–H groups in total. The summed E-state index contributed by atoms with van der Waals surface area (Å²) >= 11 is 0. The summed E-state index contributed by atoms with van der Waals surface area (Å²) in [6, 6.07) is 14.6. The minimum atomic E-state index is 0. The van der Waals surface area contributed by atoms with Gasteiger partial charge in [-0.05, 0) is 22.8 Å². The second-order valence-electron chi connectivity index (χ2n) is 5.25. The van der Waals surface area contributed by atoms with E-state index < -0.39 is 0 Å². The fourth-order valence-electron chi connectivity index (χ4n) is 2.65. The smallest absolute Gasteiger partial charge is 0.227 e. The normalized spacial score (nSPS) is 18.1. The first-order chi connectivity index (χ1) is 9.22. The average molecular weight is 291 g/mol. The fourth-order valence-corrected chi connectivity index (χ4v) is 2.65. The van der Waals surface area contributed by atoms with E-state index in [2.05, 4.69) is 24.3 Å². The molecule has 1 amide bonds. The Labute approximate surface area is 125 Å². The molecule has 0 saturated carbocycles. The van der Waals surface area contributed by atoms with Crippen LogP contribution in [0.4, 0.5) is 0 Å². The maximum Gasteiger partial charge on any atom is 0.227 e. The lowest BCUT2D eigenvalue weighted by Crippen LogP contribution is -2.32. The number of benzene rings is 2. The molecule has 0 radical (unpaired) electrons. The second-order valence-corrected chi connectivity index (χ2v) is 5.25. The van der Waals surface area contributed by atoms with Crippen LogP contribution < -0.4 is 5.73 Å². The van der Waals surface area contributed by atoms with Gasteiger partial charge >= 0.3 is 0 Å². The highest BCUT2D eigenvalue weighted by atomic mass is 35.5. The van der Waals surface area contributed by atoms with Crippen LogP contribution in [0.25, 0.3) is 10.8 Å². The monoisotopic (exact) mass is 290 g/mol. The van der Waals surface area contributed by atoms with E-state index in [-0.39, 0.29) is 24.4 Å². The van der Waals surface area contributed by atoms with Gasteiger partial charge in [-0.2, -0.15) is 0 Å². The van der Waals surface area contributed by atoms with Crippen LogP contribution >= 0.6 is 12.4 Å². The van der Waals surface area contributed by atoms with Gasteiger partial charge in [0, 0.05) is 19.1 Å². The van der Waals surface area contributed by atoms with E-state index in [1.165, 1.54) is 10.8 Å². The third-order valence-corrected chi connectivity index (χ3v) is 3.75. The van der Waals surface area contributed by atoms with Gasteiger partial charge in [0.1, 0.15) is 0 Å². The molecule has 20 heavy (non-hydrogen) atoms. The number of fused-ring (bicyclic) bond motifs is 1. The summed E-state index contributed by atoms with van der Waals surface area (Å²) in [5, 5.41) is 2.40. The molecular weight excluding hydrogens is 272 g/mol. The van der Waals surface area contributed by atoms with Crippen molar-refractivity contribution in [1.82, 2.24) is 4.90 Å². The summed E-state index contributed by atoms with van der Waals surface area (Å²) in [6.07, 6.45) is 1.39. The number of carbonyl (C=O) groups excluding carboxylic acids is 1. The van der Waals surface area contributed by atoms with Crippen LogP contribution in [-0.2, 0) is 11.2 Å². The molecule has 106 valence electrons. The third-order valence-electron chi connectivity index (χ3n) is 3.75. The van der Waals surface area contributed by atoms with Gasteiger partial charge in [0.2, 0.25) is 5.91 Å². The van der Waals surface area contributed by atoms with Crippen molar-refractivity contribution in [2.45, 2.75) is 18.9 Å². The van der Waals surface area contributed by atoms with Crippen molar-refractivity contribution >= 4 is 29.1 Å². The summed E-state index contributed by atoms with van der Waals surface area (Å²) in [5.41, 5.74) is 6.91. The molecule has 0 aliphatic carbocycles. The van der Waals surface area contributed by atoms with Gasteiger partial charge in [-0.3, -0.25) is 4.79 Å². The van der Waals surface area contributed by atoms with Crippen LogP contribution in [0, 0.1) is 0 Å². The Bertz CT molecular complexity index is 614. The molecule has 0 spiro atoms. The molecule has 1 saturated heterocycles. The number of hydrogen-bond donors (Lipinski definition) is 1. The number of rotatable bonds is 2. The van der Waals surface area contributed by atoms with Gasteiger partial charge < -0.3 is 10.6 Å². The van der Waals surface area contributed by atoms with E-state index in [1.54, 1.807) is 0 Å². The minimum Gasteiger partial charge on any atom is -0.341 e. The van der Waals surface area contributed by atoms with Crippen LogP contribution in [0.3, 0.4) is 0 Å². The van der Waals surface area contributed by atoms with E-state index >= 15 is 0 Å². The molecule has 4 heteroatoms. The molecule has 1 aliphatic rings. The quantitative estimate of drug-likeness (QED) is 0.923. The number of hydrogen-bond acceptors (Lipinski definition) is 2. The average Bonchev–Trinajstić information content (AvgIpc) is 2.85. The fraction of sp³-hybridized carbons (Fsp3) is 0.312. The summed E-state index contributed by atoms with van der Waals surface area (Å²) < 4.78 is 0. The van der Waals surface area contributed by atoms with Crippen molar-refractivity contribution < 1.29 is 4.79 Å². The van der Waals surface area contributed by atoms with E-state index in [1.807, 2.05) is 23.1 Å². The molecule has 0 unspecified atom stereocenters. The summed E-state index contributed by atoms with van der Waals surface area (Å²) in [4.78, 5) is 14.0. The Morgan fingerprint density at radius 1 is 1.20 bits per heavy atom. The Balaban J connectivity index is 0.00000147. The number of carbonyl (C=O) groups is 1.